The third kappa shape index (κ3) is 4.97. The van der Waals surface area contributed by atoms with Gasteiger partial charge in [-0.2, -0.15) is 0 Å². The molecule has 0 saturated heterocycles. The Balaban J connectivity index is 1.76. The van der Waals surface area contributed by atoms with Gasteiger partial charge in [0.25, 0.3) is 5.91 Å². The fourth-order valence-electron chi connectivity index (χ4n) is 3.13. The summed E-state index contributed by atoms with van der Waals surface area (Å²) in [5, 5.41) is 0.757. The van der Waals surface area contributed by atoms with Crippen LogP contribution >= 0.6 is 23.2 Å². The zero-order chi connectivity index (χ0) is 20.3. The van der Waals surface area contributed by atoms with Crippen LogP contribution < -0.4 is 0 Å². The Bertz CT molecular complexity index is 869. The molecule has 1 aliphatic rings. The Kier molecular flexibility index (Phi) is 6.47. The van der Waals surface area contributed by atoms with Gasteiger partial charge in [-0.3, -0.25) is 9.59 Å². The molecule has 7 heteroatoms. The molecule has 0 spiro atoms. The molecule has 0 aliphatic heterocycles. The molecule has 0 N–H and O–H groups in total. The second-order valence-corrected chi connectivity index (χ2v) is 7.87. The summed E-state index contributed by atoms with van der Waals surface area (Å²) < 4.78 is 2.00. The van der Waals surface area contributed by atoms with E-state index in [0.29, 0.717) is 22.2 Å². The van der Waals surface area contributed by atoms with Gasteiger partial charge in [0.1, 0.15) is 6.54 Å². The monoisotopic (exact) mass is 419 g/mol. The number of benzene rings is 1. The smallest absolute Gasteiger partial charge is 0.254 e. The van der Waals surface area contributed by atoms with Crippen molar-refractivity contribution in [1.29, 1.82) is 0 Å². The summed E-state index contributed by atoms with van der Waals surface area (Å²) >= 11 is 12.0. The largest absolute Gasteiger partial charge is 0.353 e. The van der Waals surface area contributed by atoms with Gasteiger partial charge < -0.3 is 14.4 Å². The van der Waals surface area contributed by atoms with Crippen LogP contribution in [-0.2, 0) is 18.4 Å². The molecule has 2 amide bonds. The number of hydrogen-bond donors (Lipinski definition) is 0. The van der Waals surface area contributed by atoms with Crippen molar-refractivity contribution in [3.63, 3.8) is 0 Å². The molecule has 1 saturated carbocycles. The number of rotatable bonds is 8. The van der Waals surface area contributed by atoms with Crippen molar-refractivity contribution >= 4 is 35.0 Å². The summed E-state index contributed by atoms with van der Waals surface area (Å²) in [5.41, 5.74) is 1.41. The van der Waals surface area contributed by atoms with Crippen LogP contribution in [0.1, 0.15) is 28.9 Å². The van der Waals surface area contributed by atoms with E-state index in [2.05, 4.69) is 6.58 Å². The van der Waals surface area contributed by atoms with Crippen LogP contribution in [0.25, 0.3) is 0 Å². The number of amides is 2. The molecule has 148 valence electrons. The lowest BCUT2D eigenvalue weighted by Crippen LogP contribution is -2.43. The summed E-state index contributed by atoms with van der Waals surface area (Å²) in [6.45, 7) is 4.49. The predicted molar refractivity (Wildman–Crippen MR) is 112 cm³/mol. The van der Waals surface area contributed by atoms with Crippen molar-refractivity contribution in [3.8, 4) is 0 Å². The van der Waals surface area contributed by atoms with Crippen molar-refractivity contribution in [3.05, 3.63) is 70.5 Å². The summed E-state index contributed by atoms with van der Waals surface area (Å²) in [6.07, 6.45) is 5.56. The topological polar surface area (TPSA) is 45.6 Å². The summed E-state index contributed by atoms with van der Waals surface area (Å²) in [7, 11) is 1.96. The number of halogens is 2. The third-order valence-electron chi connectivity index (χ3n) is 4.76. The van der Waals surface area contributed by atoms with Gasteiger partial charge in [-0.25, -0.2) is 0 Å². The van der Waals surface area contributed by atoms with Gasteiger partial charge in [-0.05, 0) is 43.2 Å². The first-order valence-electron chi connectivity index (χ1n) is 9.15. The molecule has 1 heterocycles. The molecule has 1 aliphatic carbocycles. The number of aromatic nitrogens is 1. The van der Waals surface area contributed by atoms with E-state index in [9.17, 15) is 9.59 Å². The minimum absolute atomic E-state index is 0.0179. The van der Waals surface area contributed by atoms with Gasteiger partial charge in [-0.15, -0.1) is 6.58 Å². The van der Waals surface area contributed by atoms with E-state index in [4.69, 9.17) is 23.2 Å². The second kappa shape index (κ2) is 8.84. The molecule has 1 aromatic carbocycles. The minimum atomic E-state index is -0.299. The second-order valence-electron chi connectivity index (χ2n) is 7.00. The fourth-order valence-corrected chi connectivity index (χ4v) is 3.66. The van der Waals surface area contributed by atoms with E-state index in [1.807, 2.05) is 34.8 Å². The maximum atomic E-state index is 13.1. The van der Waals surface area contributed by atoms with Crippen molar-refractivity contribution in [2.45, 2.75) is 25.4 Å². The minimum Gasteiger partial charge on any atom is -0.353 e. The van der Waals surface area contributed by atoms with Gasteiger partial charge in [0.05, 0.1) is 6.54 Å². The van der Waals surface area contributed by atoms with Crippen molar-refractivity contribution < 1.29 is 9.59 Å². The molecular weight excluding hydrogens is 397 g/mol. The number of hydrogen-bond acceptors (Lipinski definition) is 2. The zero-order valence-electron chi connectivity index (χ0n) is 15.8. The number of nitrogens with zero attached hydrogens (tertiary/aromatic N) is 3. The Labute approximate surface area is 175 Å². The molecule has 1 fully saturated rings. The first-order chi connectivity index (χ1) is 13.4. The van der Waals surface area contributed by atoms with Crippen LogP contribution in [0, 0.1) is 0 Å². The van der Waals surface area contributed by atoms with Gasteiger partial charge >= 0.3 is 0 Å². The van der Waals surface area contributed by atoms with Gasteiger partial charge in [0, 0.05) is 47.1 Å². The van der Waals surface area contributed by atoms with E-state index in [0.717, 1.165) is 18.5 Å². The molecule has 0 radical (unpaired) electrons. The first kappa shape index (κ1) is 20.5. The standard InChI is InChI=1S/C21H23Cl2N3O2/c1-3-8-25(21(28)15-10-16(22)12-17(23)11-15)14-20(27)26(18-6-7-18)13-19-5-4-9-24(19)2/h3-5,9-12,18H,1,6-8,13-14H2,2H3. The maximum absolute atomic E-state index is 13.1. The molecule has 0 atom stereocenters. The molecule has 3 rings (SSSR count). The molecular formula is C21H23Cl2N3O2. The Morgan fingerprint density at radius 1 is 1.25 bits per heavy atom. The van der Waals surface area contributed by atoms with Gasteiger partial charge in [-0.1, -0.05) is 29.3 Å². The Morgan fingerprint density at radius 2 is 1.93 bits per heavy atom. The number of carbonyl (C=O) groups is 2. The predicted octanol–water partition coefficient (Wildman–Crippen LogP) is 4.15. The van der Waals surface area contributed by atoms with E-state index >= 15 is 0 Å². The normalized spacial score (nSPS) is 13.2. The van der Waals surface area contributed by atoms with E-state index in [1.54, 1.807) is 24.3 Å². The SMILES string of the molecule is C=CCN(CC(=O)N(Cc1cccn1C)C1CC1)C(=O)c1cc(Cl)cc(Cl)c1. The average molecular weight is 420 g/mol. The molecule has 0 bridgehead atoms. The van der Waals surface area contributed by atoms with Crippen LogP contribution in [0.3, 0.4) is 0 Å². The number of aryl methyl sites for hydroxylation is 1. The van der Waals surface area contributed by atoms with E-state index in [-0.39, 0.29) is 30.9 Å². The quantitative estimate of drug-likeness (QED) is 0.603. The highest BCUT2D eigenvalue weighted by Crippen LogP contribution is 2.29. The number of carbonyl (C=O) groups excluding carboxylic acids is 2. The van der Waals surface area contributed by atoms with Crippen LogP contribution in [0.5, 0.6) is 0 Å². The first-order valence-corrected chi connectivity index (χ1v) is 9.90. The lowest BCUT2D eigenvalue weighted by molar-refractivity contribution is -0.133. The third-order valence-corrected chi connectivity index (χ3v) is 5.20. The Morgan fingerprint density at radius 3 is 2.46 bits per heavy atom. The van der Waals surface area contributed by atoms with Crippen molar-refractivity contribution in [1.82, 2.24) is 14.4 Å². The highest BCUT2D eigenvalue weighted by Gasteiger charge is 2.34. The zero-order valence-corrected chi connectivity index (χ0v) is 17.3. The molecule has 5 nitrogen and oxygen atoms in total. The van der Waals surface area contributed by atoms with E-state index in [1.165, 1.54) is 4.90 Å². The molecule has 0 unspecified atom stereocenters. The van der Waals surface area contributed by atoms with Gasteiger partial charge in [0.2, 0.25) is 5.91 Å². The van der Waals surface area contributed by atoms with Crippen molar-refractivity contribution in [2.75, 3.05) is 13.1 Å². The fraction of sp³-hybridized carbons (Fsp3) is 0.333. The average Bonchev–Trinajstić information content (AvgIpc) is 3.40. The lowest BCUT2D eigenvalue weighted by atomic mass is 10.2. The van der Waals surface area contributed by atoms with Crippen LogP contribution in [0.15, 0.2) is 49.2 Å². The summed E-state index contributed by atoms with van der Waals surface area (Å²) in [6, 6.07) is 8.88. The molecule has 28 heavy (non-hydrogen) atoms. The van der Waals surface area contributed by atoms with Crippen LogP contribution in [-0.4, -0.2) is 45.3 Å². The molecule has 2 aromatic rings. The van der Waals surface area contributed by atoms with Crippen LogP contribution in [0.2, 0.25) is 10.0 Å². The maximum Gasteiger partial charge on any atom is 0.254 e. The van der Waals surface area contributed by atoms with Crippen LogP contribution in [0.4, 0.5) is 0 Å². The Hall–Kier alpha value is -2.24. The van der Waals surface area contributed by atoms with E-state index < -0.39 is 0 Å². The lowest BCUT2D eigenvalue weighted by Gasteiger charge is -2.27. The van der Waals surface area contributed by atoms with Gasteiger partial charge in [0.15, 0.2) is 0 Å². The summed E-state index contributed by atoms with van der Waals surface area (Å²) in [4.78, 5) is 29.3. The highest BCUT2D eigenvalue weighted by atomic mass is 35.5. The highest BCUT2D eigenvalue weighted by molar-refractivity contribution is 6.35. The molecule has 1 aromatic heterocycles. The van der Waals surface area contributed by atoms with Crippen molar-refractivity contribution in [2.24, 2.45) is 7.05 Å². The summed E-state index contributed by atoms with van der Waals surface area (Å²) in [5.74, 6) is -0.376.